The van der Waals surface area contributed by atoms with Crippen LogP contribution < -0.4 is 0 Å². The molecule has 23 heavy (non-hydrogen) atoms. The van der Waals surface area contributed by atoms with Crippen LogP contribution in [0.15, 0.2) is 42.9 Å². The standard InChI is InChI=1S/C18H20N4O/c1-20-12-15(14-6-3-4-7-17(14)20)18(23)22-9-5-8-16(22)13-10-19-21(2)11-13/h3-4,6-7,10-12,16H,5,8-9H2,1-2H3/t16-/m1/s1. The molecule has 0 radical (unpaired) electrons. The third kappa shape index (κ3) is 2.23. The second-order valence-corrected chi connectivity index (χ2v) is 6.27. The molecule has 0 aliphatic carbocycles. The number of hydrogen-bond acceptors (Lipinski definition) is 2. The normalized spacial score (nSPS) is 18.0. The van der Waals surface area contributed by atoms with E-state index in [1.807, 2.05) is 60.4 Å². The number of aromatic nitrogens is 3. The van der Waals surface area contributed by atoms with Crippen molar-refractivity contribution in [3.63, 3.8) is 0 Å². The maximum absolute atomic E-state index is 13.2. The Labute approximate surface area is 135 Å². The zero-order valence-corrected chi connectivity index (χ0v) is 13.4. The van der Waals surface area contributed by atoms with Gasteiger partial charge in [-0.2, -0.15) is 5.10 Å². The van der Waals surface area contributed by atoms with Crippen molar-refractivity contribution in [2.24, 2.45) is 14.1 Å². The fraction of sp³-hybridized carbons (Fsp3) is 0.333. The third-order valence-electron chi connectivity index (χ3n) is 4.75. The molecular formula is C18H20N4O. The fourth-order valence-electron chi connectivity index (χ4n) is 3.64. The van der Waals surface area contributed by atoms with Gasteiger partial charge in [-0.25, -0.2) is 0 Å². The van der Waals surface area contributed by atoms with Gasteiger partial charge in [0.2, 0.25) is 0 Å². The van der Waals surface area contributed by atoms with Crippen LogP contribution in [0.2, 0.25) is 0 Å². The Bertz CT molecular complexity index is 876. The molecule has 0 unspecified atom stereocenters. The summed E-state index contributed by atoms with van der Waals surface area (Å²) in [6.45, 7) is 0.807. The van der Waals surface area contributed by atoms with E-state index in [0.717, 1.165) is 41.4 Å². The summed E-state index contributed by atoms with van der Waals surface area (Å²) in [6.07, 6.45) is 7.88. The monoisotopic (exact) mass is 308 g/mol. The highest BCUT2D eigenvalue weighted by molar-refractivity contribution is 6.07. The van der Waals surface area contributed by atoms with Crippen molar-refractivity contribution < 1.29 is 4.79 Å². The smallest absolute Gasteiger partial charge is 0.256 e. The summed E-state index contributed by atoms with van der Waals surface area (Å²) in [7, 11) is 3.90. The van der Waals surface area contributed by atoms with Crippen LogP contribution in [0.4, 0.5) is 0 Å². The average Bonchev–Trinajstić information content (AvgIpc) is 3.26. The van der Waals surface area contributed by atoms with Crippen molar-refractivity contribution in [2.45, 2.75) is 18.9 Å². The Morgan fingerprint density at radius 3 is 2.83 bits per heavy atom. The molecule has 0 saturated carbocycles. The summed E-state index contributed by atoms with van der Waals surface area (Å²) in [5, 5.41) is 5.28. The van der Waals surface area contributed by atoms with E-state index in [1.165, 1.54) is 0 Å². The molecule has 1 aromatic carbocycles. The average molecular weight is 308 g/mol. The molecule has 4 rings (SSSR count). The molecule has 0 N–H and O–H groups in total. The highest BCUT2D eigenvalue weighted by atomic mass is 16.2. The van der Waals surface area contributed by atoms with Crippen molar-refractivity contribution >= 4 is 16.8 Å². The van der Waals surface area contributed by atoms with Crippen molar-refractivity contribution in [3.05, 3.63) is 54.0 Å². The number of hydrogen-bond donors (Lipinski definition) is 0. The van der Waals surface area contributed by atoms with Crippen LogP contribution in [0.25, 0.3) is 10.9 Å². The van der Waals surface area contributed by atoms with Crippen LogP contribution in [0.5, 0.6) is 0 Å². The second kappa shape index (κ2) is 5.26. The van der Waals surface area contributed by atoms with Gasteiger partial charge in [-0.05, 0) is 18.9 Å². The van der Waals surface area contributed by atoms with Gasteiger partial charge >= 0.3 is 0 Å². The summed E-state index contributed by atoms with van der Waals surface area (Å²) in [4.78, 5) is 15.1. The van der Waals surface area contributed by atoms with E-state index in [2.05, 4.69) is 11.2 Å². The van der Waals surface area contributed by atoms with E-state index in [0.29, 0.717) is 0 Å². The Morgan fingerprint density at radius 2 is 2.04 bits per heavy atom. The Morgan fingerprint density at radius 1 is 1.22 bits per heavy atom. The van der Waals surface area contributed by atoms with E-state index in [-0.39, 0.29) is 11.9 Å². The number of benzene rings is 1. The minimum absolute atomic E-state index is 0.119. The number of carbonyl (C=O) groups excluding carboxylic acids is 1. The molecule has 118 valence electrons. The van der Waals surface area contributed by atoms with Gasteiger partial charge in [0.15, 0.2) is 0 Å². The quantitative estimate of drug-likeness (QED) is 0.730. The van der Waals surface area contributed by atoms with Gasteiger partial charge < -0.3 is 9.47 Å². The molecule has 1 amide bonds. The minimum atomic E-state index is 0.119. The lowest BCUT2D eigenvalue weighted by Crippen LogP contribution is -2.30. The maximum atomic E-state index is 13.2. The molecule has 1 fully saturated rings. The SMILES string of the molecule is Cn1cc([C@H]2CCCN2C(=O)c2cn(C)c3ccccc23)cn1. The zero-order valence-electron chi connectivity index (χ0n) is 13.4. The summed E-state index contributed by atoms with van der Waals surface area (Å²) in [5.74, 6) is 0.119. The number of likely N-dealkylation sites (tertiary alicyclic amines) is 1. The van der Waals surface area contributed by atoms with Gasteiger partial charge in [0.05, 0.1) is 17.8 Å². The third-order valence-corrected chi connectivity index (χ3v) is 4.75. The van der Waals surface area contributed by atoms with Crippen molar-refractivity contribution in [2.75, 3.05) is 6.54 Å². The highest BCUT2D eigenvalue weighted by Gasteiger charge is 2.32. The lowest BCUT2D eigenvalue weighted by molar-refractivity contribution is 0.0737. The van der Waals surface area contributed by atoms with Crippen LogP contribution in [0.1, 0.15) is 34.8 Å². The second-order valence-electron chi connectivity index (χ2n) is 6.27. The van der Waals surface area contributed by atoms with Gasteiger partial charge in [0.25, 0.3) is 5.91 Å². The molecule has 0 spiro atoms. The maximum Gasteiger partial charge on any atom is 0.256 e. The largest absolute Gasteiger partial charge is 0.350 e. The summed E-state index contributed by atoms with van der Waals surface area (Å²) >= 11 is 0. The Balaban J connectivity index is 1.72. The first-order valence-electron chi connectivity index (χ1n) is 7.99. The highest BCUT2D eigenvalue weighted by Crippen LogP contribution is 2.34. The minimum Gasteiger partial charge on any atom is -0.350 e. The first kappa shape index (κ1) is 14.1. The van der Waals surface area contributed by atoms with E-state index in [1.54, 1.807) is 4.68 Å². The van der Waals surface area contributed by atoms with Crippen LogP contribution in [-0.2, 0) is 14.1 Å². The molecule has 5 heteroatoms. The van der Waals surface area contributed by atoms with Crippen LogP contribution >= 0.6 is 0 Å². The Hall–Kier alpha value is -2.56. The molecule has 1 atom stereocenters. The number of carbonyl (C=O) groups is 1. The van der Waals surface area contributed by atoms with Crippen molar-refractivity contribution in [3.8, 4) is 0 Å². The molecule has 1 saturated heterocycles. The number of fused-ring (bicyclic) bond motifs is 1. The topological polar surface area (TPSA) is 43.1 Å². The zero-order chi connectivity index (χ0) is 16.0. The first-order chi connectivity index (χ1) is 11.1. The number of amides is 1. The molecular weight excluding hydrogens is 288 g/mol. The number of aryl methyl sites for hydroxylation is 2. The number of nitrogens with zero attached hydrogens (tertiary/aromatic N) is 4. The van der Waals surface area contributed by atoms with E-state index in [9.17, 15) is 4.79 Å². The van der Waals surface area contributed by atoms with Crippen molar-refractivity contribution in [1.29, 1.82) is 0 Å². The van der Waals surface area contributed by atoms with Crippen molar-refractivity contribution in [1.82, 2.24) is 19.2 Å². The van der Waals surface area contributed by atoms with E-state index >= 15 is 0 Å². The number of rotatable bonds is 2. The molecule has 1 aliphatic rings. The summed E-state index contributed by atoms with van der Waals surface area (Å²) in [5.41, 5.74) is 3.01. The van der Waals surface area contributed by atoms with Crippen LogP contribution in [0, 0.1) is 0 Å². The molecule has 3 aromatic rings. The Kier molecular flexibility index (Phi) is 3.22. The van der Waals surface area contributed by atoms with Crippen LogP contribution in [0.3, 0.4) is 0 Å². The molecule has 5 nitrogen and oxygen atoms in total. The molecule has 2 aromatic heterocycles. The van der Waals surface area contributed by atoms with Crippen LogP contribution in [-0.4, -0.2) is 31.7 Å². The fourth-order valence-corrected chi connectivity index (χ4v) is 3.64. The van der Waals surface area contributed by atoms with Gasteiger partial charge in [-0.3, -0.25) is 9.48 Å². The van der Waals surface area contributed by atoms with Gasteiger partial charge in [0, 0.05) is 49.5 Å². The lowest BCUT2D eigenvalue weighted by Gasteiger charge is -2.23. The van der Waals surface area contributed by atoms with Gasteiger partial charge in [0.1, 0.15) is 0 Å². The van der Waals surface area contributed by atoms with E-state index < -0.39 is 0 Å². The number of para-hydroxylation sites is 1. The first-order valence-corrected chi connectivity index (χ1v) is 7.99. The van der Waals surface area contributed by atoms with Gasteiger partial charge in [-0.15, -0.1) is 0 Å². The predicted molar refractivity (Wildman–Crippen MR) is 89.1 cm³/mol. The predicted octanol–water partition coefficient (Wildman–Crippen LogP) is 2.89. The summed E-state index contributed by atoms with van der Waals surface area (Å²) < 4.78 is 3.83. The van der Waals surface area contributed by atoms with Gasteiger partial charge in [-0.1, -0.05) is 18.2 Å². The summed E-state index contributed by atoms with van der Waals surface area (Å²) in [6, 6.07) is 8.20. The molecule has 3 heterocycles. The lowest BCUT2D eigenvalue weighted by atomic mass is 10.1. The molecule has 0 bridgehead atoms. The molecule has 1 aliphatic heterocycles. The van der Waals surface area contributed by atoms with E-state index in [4.69, 9.17) is 0 Å².